The molecule has 0 bridgehead atoms. The predicted molar refractivity (Wildman–Crippen MR) is 70.7 cm³/mol. The van der Waals surface area contributed by atoms with E-state index in [-0.39, 0.29) is 11.8 Å². The summed E-state index contributed by atoms with van der Waals surface area (Å²) in [4.78, 5) is 12.5. The Hall–Kier alpha value is -1.86. The average Bonchev–Trinajstić information content (AvgIpc) is 2.46. The lowest BCUT2D eigenvalue weighted by molar-refractivity contribution is -0.384. The Morgan fingerprint density at radius 1 is 1.58 bits per heavy atom. The summed E-state index contributed by atoms with van der Waals surface area (Å²) in [6, 6.07) is 4.73. The largest absolute Gasteiger partial charge is 0.496 e. The van der Waals surface area contributed by atoms with Gasteiger partial charge in [-0.25, -0.2) is 0 Å². The topological polar surface area (TPSA) is 90.9 Å². The molecule has 0 aliphatic carbocycles. The number of ether oxygens (including phenoxy) is 2. The van der Waals surface area contributed by atoms with Crippen LogP contribution in [0.1, 0.15) is 0 Å². The Labute approximate surface area is 111 Å². The van der Waals surface area contributed by atoms with Gasteiger partial charge in [-0.05, 0) is 0 Å². The lowest BCUT2D eigenvalue weighted by atomic mass is 10.2. The first kappa shape index (κ1) is 13.6. The van der Waals surface area contributed by atoms with Crippen LogP contribution in [0, 0.1) is 10.1 Å². The summed E-state index contributed by atoms with van der Waals surface area (Å²) in [6.07, 6.45) is -0.0426. The molecule has 0 amide bonds. The van der Waals surface area contributed by atoms with Crippen molar-refractivity contribution < 1.29 is 14.4 Å². The molecule has 0 spiro atoms. The third-order valence-corrected chi connectivity index (χ3v) is 3.09. The maximum absolute atomic E-state index is 10.9. The fourth-order valence-electron chi connectivity index (χ4n) is 2.07. The van der Waals surface area contributed by atoms with Crippen molar-refractivity contribution in [2.45, 2.75) is 6.10 Å². The van der Waals surface area contributed by atoms with Crippen molar-refractivity contribution in [2.75, 3.05) is 38.3 Å². The van der Waals surface area contributed by atoms with Crippen molar-refractivity contribution in [3.63, 3.8) is 0 Å². The van der Waals surface area contributed by atoms with Gasteiger partial charge >= 0.3 is 0 Å². The molecule has 1 aromatic rings. The zero-order valence-corrected chi connectivity index (χ0v) is 10.7. The van der Waals surface area contributed by atoms with Gasteiger partial charge in [0.25, 0.3) is 5.69 Å². The Morgan fingerprint density at radius 2 is 2.37 bits per heavy atom. The van der Waals surface area contributed by atoms with Crippen molar-refractivity contribution in [2.24, 2.45) is 5.73 Å². The number of nitro benzene ring substituents is 1. The number of anilines is 1. The Morgan fingerprint density at radius 3 is 3.00 bits per heavy atom. The zero-order valence-electron chi connectivity index (χ0n) is 10.7. The molecular weight excluding hydrogens is 250 g/mol. The molecule has 1 heterocycles. The van der Waals surface area contributed by atoms with Gasteiger partial charge in [0, 0.05) is 37.5 Å². The number of hydrogen-bond donors (Lipinski definition) is 1. The number of morpholine rings is 1. The van der Waals surface area contributed by atoms with E-state index in [1.54, 1.807) is 12.1 Å². The number of nitro groups is 1. The summed E-state index contributed by atoms with van der Waals surface area (Å²) in [5.41, 5.74) is 6.37. The van der Waals surface area contributed by atoms with Crippen LogP contribution in [0.4, 0.5) is 11.4 Å². The van der Waals surface area contributed by atoms with Crippen molar-refractivity contribution in [3.8, 4) is 5.75 Å². The second-order valence-corrected chi connectivity index (χ2v) is 4.32. The first-order chi connectivity index (χ1) is 9.13. The van der Waals surface area contributed by atoms with Gasteiger partial charge in [-0.15, -0.1) is 0 Å². The molecule has 0 radical (unpaired) electrons. The molecule has 2 N–H and O–H groups in total. The number of rotatable bonds is 4. The van der Waals surface area contributed by atoms with E-state index in [2.05, 4.69) is 0 Å². The van der Waals surface area contributed by atoms with Gasteiger partial charge in [0.05, 0.1) is 30.8 Å². The zero-order chi connectivity index (χ0) is 13.8. The van der Waals surface area contributed by atoms with Gasteiger partial charge in [0.2, 0.25) is 0 Å². The Bertz CT molecular complexity index is 466. The van der Waals surface area contributed by atoms with E-state index in [0.717, 1.165) is 5.69 Å². The molecule has 2 rings (SSSR count). The molecule has 7 heteroatoms. The molecule has 1 atom stereocenters. The molecule has 1 saturated heterocycles. The first-order valence-corrected chi connectivity index (χ1v) is 6.04. The fraction of sp³-hybridized carbons (Fsp3) is 0.500. The monoisotopic (exact) mass is 267 g/mol. The number of hydrogen-bond acceptors (Lipinski definition) is 6. The van der Waals surface area contributed by atoms with Gasteiger partial charge in [0.15, 0.2) is 0 Å². The number of non-ortho nitro benzene ring substituents is 1. The second-order valence-electron chi connectivity index (χ2n) is 4.32. The van der Waals surface area contributed by atoms with Crippen molar-refractivity contribution in [3.05, 3.63) is 28.3 Å². The van der Waals surface area contributed by atoms with Crippen LogP contribution in [0.15, 0.2) is 18.2 Å². The van der Waals surface area contributed by atoms with E-state index >= 15 is 0 Å². The van der Waals surface area contributed by atoms with Crippen LogP contribution in [0.5, 0.6) is 5.75 Å². The van der Waals surface area contributed by atoms with Crippen LogP contribution in [0.3, 0.4) is 0 Å². The number of nitrogens with two attached hydrogens (primary N) is 1. The molecule has 1 fully saturated rings. The van der Waals surface area contributed by atoms with Crippen molar-refractivity contribution in [1.82, 2.24) is 0 Å². The van der Waals surface area contributed by atoms with E-state index in [1.807, 2.05) is 4.90 Å². The second kappa shape index (κ2) is 5.85. The van der Waals surface area contributed by atoms with Crippen LogP contribution >= 0.6 is 0 Å². The third-order valence-electron chi connectivity index (χ3n) is 3.09. The summed E-state index contributed by atoms with van der Waals surface area (Å²) in [5.74, 6) is 0.472. The molecule has 1 aliphatic rings. The van der Waals surface area contributed by atoms with Crippen LogP contribution in [-0.4, -0.2) is 44.4 Å². The number of methoxy groups -OCH3 is 1. The molecule has 1 aromatic carbocycles. The smallest absolute Gasteiger partial charge is 0.275 e. The first-order valence-electron chi connectivity index (χ1n) is 6.04. The van der Waals surface area contributed by atoms with E-state index < -0.39 is 4.92 Å². The average molecular weight is 267 g/mol. The van der Waals surface area contributed by atoms with Crippen molar-refractivity contribution >= 4 is 11.4 Å². The van der Waals surface area contributed by atoms with Crippen LogP contribution in [0.25, 0.3) is 0 Å². The lowest BCUT2D eigenvalue weighted by Gasteiger charge is -2.34. The molecule has 1 aliphatic heterocycles. The Kier molecular flexibility index (Phi) is 4.18. The van der Waals surface area contributed by atoms with Crippen LogP contribution in [-0.2, 0) is 4.74 Å². The number of benzene rings is 1. The van der Waals surface area contributed by atoms with Crippen LogP contribution in [0.2, 0.25) is 0 Å². The highest BCUT2D eigenvalue weighted by Crippen LogP contribution is 2.29. The minimum Gasteiger partial charge on any atom is -0.496 e. The number of nitrogens with zero attached hydrogens (tertiary/aromatic N) is 2. The van der Waals surface area contributed by atoms with Gasteiger partial charge in [-0.3, -0.25) is 10.1 Å². The summed E-state index contributed by atoms with van der Waals surface area (Å²) >= 11 is 0. The quantitative estimate of drug-likeness (QED) is 0.640. The fourth-order valence-corrected chi connectivity index (χ4v) is 2.07. The minimum absolute atomic E-state index is 0.0186. The summed E-state index contributed by atoms with van der Waals surface area (Å²) < 4.78 is 10.6. The van der Waals surface area contributed by atoms with E-state index in [1.165, 1.54) is 13.2 Å². The SMILES string of the molecule is COc1cc(N2CCOC(CN)C2)cc([N+](=O)[O-])c1. The third kappa shape index (κ3) is 3.12. The summed E-state index contributed by atoms with van der Waals surface area (Å²) in [5, 5.41) is 10.9. The lowest BCUT2D eigenvalue weighted by Crippen LogP contribution is -2.45. The van der Waals surface area contributed by atoms with Gasteiger partial charge in [-0.1, -0.05) is 0 Å². The molecule has 1 unspecified atom stereocenters. The van der Waals surface area contributed by atoms with E-state index in [9.17, 15) is 10.1 Å². The van der Waals surface area contributed by atoms with Gasteiger partial charge in [0.1, 0.15) is 5.75 Å². The molecule has 104 valence electrons. The molecular formula is C12H17N3O4. The minimum atomic E-state index is -0.424. The highest BCUT2D eigenvalue weighted by molar-refractivity contribution is 5.58. The molecule has 7 nitrogen and oxygen atoms in total. The predicted octanol–water partition coefficient (Wildman–Crippen LogP) is 0.767. The maximum Gasteiger partial charge on any atom is 0.275 e. The van der Waals surface area contributed by atoms with Crippen molar-refractivity contribution in [1.29, 1.82) is 0 Å². The standard InChI is InChI=1S/C12H17N3O4/c1-18-11-5-9(4-10(6-11)15(16)17)14-2-3-19-12(7-13)8-14/h4-6,12H,2-3,7-8,13H2,1H3. The van der Waals surface area contributed by atoms with E-state index in [4.69, 9.17) is 15.2 Å². The van der Waals surface area contributed by atoms with E-state index in [0.29, 0.717) is 32.0 Å². The maximum atomic E-state index is 10.9. The van der Waals surface area contributed by atoms with Gasteiger partial charge < -0.3 is 20.1 Å². The van der Waals surface area contributed by atoms with Gasteiger partial charge in [-0.2, -0.15) is 0 Å². The van der Waals surface area contributed by atoms with Crippen LogP contribution < -0.4 is 15.4 Å². The molecule has 0 saturated carbocycles. The Balaban J connectivity index is 2.27. The molecule has 19 heavy (non-hydrogen) atoms. The molecule has 0 aromatic heterocycles. The summed E-state index contributed by atoms with van der Waals surface area (Å²) in [6.45, 7) is 2.30. The summed E-state index contributed by atoms with van der Waals surface area (Å²) in [7, 11) is 1.49. The highest BCUT2D eigenvalue weighted by atomic mass is 16.6. The normalized spacial score (nSPS) is 19.3. The highest BCUT2D eigenvalue weighted by Gasteiger charge is 2.21.